The van der Waals surface area contributed by atoms with Crippen molar-refractivity contribution in [1.82, 2.24) is 0 Å². The Morgan fingerprint density at radius 1 is 1.24 bits per heavy atom. The first-order valence-electron chi connectivity index (χ1n) is 7.22. The third-order valence-corrected chi connectivity index (χ3v) is 4.77. The quantitative estimate of drug-likeness (QED) is 0.770. The number of esters is 1. The maximum atomic E-state index is 11.7. The van der Waals surface area contributed by atoms with Crippen LogP contribution in [0.3, 0.4) is 0 Å². The lowest BCUT2D eigenvalue weighted by molar-refractivity contribution is -0.135. The van der Waals surface area contributed by atoms with Gasteiger partial charge in [0.1, 0.15) is 0 Å². The van der Waals surface area contributed by atoms with Gasteiger partial charge in [0.25, 0.3) is 0 Å². The van der Waals surface area contributed by atoms with Crippen molar-refractivity contribution in [2.75, 3.05) is 7.11 Å². The van der Waals surface area contributed by atoms with Crippen molar-refractivity contribution < 1.29 is 9.53 Å². The Hall–Kier alpha value is -2.35. The van der Waals surface area contributed by atoms with Crippen molar-refractivity contribution in [2.24, 2.45) is 11.3 Å². The van der Waals surface area contributed by atoms with Crippen LogP contribution in [0.15, 0.2) is 71.9 Å². The van der Waals surface area contributed by atoms with Gasteiger partial charge in [-0.15, -0.1) is 0 Å². The van der Waals surface area contributed by atoms with E-state index in [1.54, 1.807) is 0 Å². The number of benzene rings is 1. The molecule has 0 radical (unpaired) electrons. The van der Waals surface area contributed by atoms with Gasteiger partial charge in [-0.05, 0) is 29.2 Å². The highest BCUT2D eigenvalue weighted by molar-refractivity contribution is 5.93. The van der Waals surface area contributed by atoms with E-state index in [9.17, 15) is 4.79 Å². The van der Waals surface area contributed by atoms with Gasteiger partial charge in [0.05, 0.1) is 12.7 Å². The molecule has 1 fully saturated rings. The molecule has 21 heavy (non-hydrogen) atoms. The van der Waals surface area contributed by atoms with Crippen LogP contribution in [-0.2, 0) is 9.53 Å². The summed E-state index contributed by atoms with van der Waals surface area (Å²) in [6, 6.07) is 10.5. The Balaban J connectivity index is 1.71. The van der Waals surface area contributed by atoms with Crippen LogP contribution in [0.1, 0.15) is 12.0 Å². The zero-order valence-corrected chi connectivity index (χ0v) is 11.9. The summed E-state index contributed by atoms with van der Waals surface area (Å²) in [5.41, 5.74) is 4.76. The molecule has 1 saturated carbocycles. The minimum Gasteiger partial charge on any atom is -0.465 e. The molecule has 1 aromatic rings. The second kappa shape index (κ2) is 4.32. The van der Waals surface area contributed by atoms with Crippen molar-refractivity contribution >= 4 is 11.5 Å². The number of rotatable bonds is 2. The largest absolute Gasteiger partial charge is 0.465 e. The zero-order valence-electron chi connectivity index (χ0n) is 11.9. The monoisotopic (exact) mass is 276 g/mol. The molecule has 0 heterocycles. The molecule has 2 heteroatoms. The minimum atomic E-state index is -0.274. The molecule has 2 unspecified atom stereocenters. The molecule has 2 atom stereocenters. The third-order valence-electron chi connectivity index (χ3n) is 4.77. The third kappa shape index (κ3) is 1.69. The van der Waals surface area contributed by atoms with Gasteiger partial charge < -0.3 is 4.74 Å². The predicted molar refractivity (Wildman–Crippen MR) is 82.3 cm³/mol. The number of hydrogen-bond donors (Lipinski definition) is 0. The fourth-order valence-electron chi connectivity index (χ4n) is 3.68. The van der Waals surface area contributed by atoms with Crippen LogP contribution in [0.2, 0.25) is 0 Å². The molecule has 4 aliphatic carbocycles. The van der Waals surface area contributed by atoms with E-state index in [4.69, 9.17) is 4.74 Å². The van der Waals surface area contributed by atoms with Crippen LogP contribution in [0.25, 0.3) is 5.57 Å². The molecule has 1 spiro atoms. The normalized spacial score (nSPS) is 28.6. The van der Waals surface area contributed by atoms with Gasteiger partial charge in [0, 0.05) is 11.3 Å². The van der Waals surface area contributed by atoms with E-state index >= 15 is 0 Å². The highest BCUT2D eigenvalue weighted by atomic mass is 16.5. The van der Waals surface area contributed by atoms with Crippen molar-refractivity contribution in [3.8, 4) is 0 Å². The van der Waals surface area contributed by atoms with Gasteiger partial charge in [0.15, 0.2) is 0 Å². The second-order valence-corrected chi connectivity index (χ2v) is 5.83. The highest BCUT2D eigenvalue weighted by Gasteiger charge is 2.53. The summed E-state index contributed by atoms with van der Waals surface area (Å²) >= 11 is 0. The summed E-state index contributed by atoms with van der Waals surface area (Å²) in [5, 5.41) is 0. The molecule has 0 aliphatic heterocycles. The van der Waals surface area contributed by atoms with E-state index in [0.29, 0.717) is 11.5 Å². The zero-order chi connectivity index (χ0) is 14.4. The van der Waals surface area contributed by atoms with Gasteiger partial charge >= 0.3 is 5.97 Å². The van der Waals surface area contributed by atoms with Gasteiger partial charge in [-0.2, -0.15) is 0 Å². The lowest BCUT2D eigenvalue weighted by Gasteiger charge is -2.40. The first kappa shape index (κ1) is 12.4. The smallest absolute Gasteiger partial charge is 0.337 e. The van der Waals surface area contributed by atoms with Crippen molar-refractivity contribution in [3.05, 3.63) is 77.4 Å². The molecule has 1 aromatic carbocycles. The average Bonchev–Trinajstić information content (AvgIpc) is 3.00. The molecule has 0 saturated heterocycles. The summed E-state index contributed by atoms with van der Waals surface area (Å²) in [7, 11) is 1.42. The van der Waals surface area contributed by atoms with Crippen molar-refractivity contribution in [1.29, 1.82) is 0 Å². The fraction of sp³-hybridized carbons (Fsp3) is 0.211. The van der Waals surface area contributed by atoms with Crippen LogP contribution in [-0.4, -0.2) is 13.1 Å². The van der Waals surface area contributed by atoms with E-state index in [1.807, 2.05) is 18.2 Å². The number of carbonyl (C=O) groups is 1. The Bertz CT molecular complexity index is 734. The SMILES string of the molecule is COC(=O)C1=CC=C2C3CC2(C=C1)C=C3c1ccccc1. The lowest BCUT2D eigenvalue weighted by atomic mass is 9.63. The van der Waals surface area contributed by atoms with Crippen molar-refractivity contribution in [3.63, 3.8) is 0 Å². The van der Waals surface area contributed by atoms with Crippen LogP contribution < -0.4 is 0 Å². The van der Waals surface area contributed by atoms with E-state index in [2.05, 4.69) is 42.5 Å². The standard InChI is InChI=1S/C19H16O2/c1-21-18(20)14-7-8-17-16-12-19(17,10-9-14)11-15(16)13-5-3-2-4-6-13/h2-11,16H,12H2,1H3. The van der Waals surface area contributed by atoms with Crippen LogP contribution in [0.5, 0.6) is 0 Å². The molecular weight excluding hydrogens is 260 g/mol. The Labute approximate surface area is 124 Å². The maximum absolute atomic E-state index is 11.7. The number of ether oxygens (including phenoxy) is 1. The molecule has 2 bridgehead atoms. The molecule has 104 valence electrons. The molecule has 0 aromatic heterocycles. The van der Waals surface area contributed by atoms with Gasteiger partial charge in [-0.1, -0.05) is 54.6 Å². The Morgan fingerprint density at radius 2 is 2.05 bits per heavy atom. The minimum absolute atomic E-state index is 0.0160. The first-order chi connectivity index (χ1) is 10.2. The fourth-order valence-corrected chi connectivity index (χ4v) is 3.68. The van der Waals surface area contributed by atoms with Gasteiger partial charge in [-0.3, -0.25) is 0 Å². The summed E-state index contributed by atoms with van der Waals surface area (Å²) in [4.78, 5) is 11.7. The Morgan fingerprint density at radius 3 is 2.81 bits per heavy atom. The summed E-state index contributed by atoms with van der Waals surface area (Å²) in [5.74, 6) is 0.217. The highest BCUT2D eigenvalue weighted by Crippen LogP contribution is 2.65. The molecule has 5 rings (SSSR count). The van der Waals surface area contributed by atoms with Crippen LogP contribution in [0.4, 0.5) is 0 Å². The molecule has 2 nitrogen and oxygen atoms in total. The van der Waals surface area contributed by atoms with Crippen LogP contribution in [0, 0.1) is 11.3 Å². The predicted octanol–water partition coefficient (Wildman–Crippen LogP) is 3.69. The van der Waals surface area contributed by atoms with Gasteiger partial charge in [0.2, 0.25) is 0 Å². The first-order valence-corrected chi connectivity index (χ1v) is 7.22. The molecule has 0 N–H and O–H groups in total. The van der Waals surface area contributed by atoms with E-state index in [1.165, 1.54) is 23.8 Å². The number of hydrogen-bond acceptors (Lipinski definition) is 2. The molecule has 0 amide bonds. The summed E-state index contributed by atoms with van der Waals surface area (Å²) < 4.78 is 4.80. The lowest BCUT2D eigenvalue weighted by Crippen LogP contribution is -2.30. The second-order valence-electron chi connectivity index (χ2n) is 5.83. The molecular formula is C19H16O2. The van der Waals surface area contributed by atoms with Crippen molar-refractivity contribution in [2.45, 2.75) is 6.42 Å². The Kier molecular flexibility index (Phi) is 2.55. The average molecular weight is 276 g/mol. The summed E-state index contributed by atoms with van der Waals surface area (Å²) in [6.07, 6.45) is 11.5. The molecule has 4 aliphatic rings. The number of methoxy groups -OCH3 is 1. The topological polar surface area (TPSA) is 26.3 Å². The number of carbonyl (C=O) groups excluding carboxylic acids is 1. The van der Waals surface area contributed by atoms with E-state index < -0.39 is 0 Å². The van der Waals surface area contributed by atoms with E-state index in [-0.39, 0.29) is 11.4 Å². The van der Waals surface area contributed by atoms with Gasteiger partial charge in [-0.25, -0.2) is 4.79 Å². The number of allylic oxidation sites excluding steroid dienone is 6. The van der Waals surface area contributed by atoms with E-state index in [0.717, 1.165) is 6.42 Å². The summed E-state index contributed by atoms with van der Waals surface area (Å²) in [6.45, 7) is 0. The maximum Gasteiger partial charge on any atom is 0.337 e. The van der Waals surface area contributed by atoms with Crippen LogP contribution >= 0.6 is 0 Å².